The SMILES string of the molecule is CC1CN=C(C(=O)NC2=NCCS2)N1. The van der Waals surface area contributed by atoms with Gasteiger partial charge >= 0.3 is 0 Å². The van der Waals surface area contributed by atoms with Crippen LogP contribution in [0.5, 0.6) is 0 Å². The van der Waals surface area contributed by atoms with Crippen LogP contribution in [-0.2, 0) is 4.79 Å². The van der Waals surface area contributed by atoms with Crippen LogP contribution >= 0.6 is 11.8 Å². The highest BCUT2D eigenvalue weighted by molar-refractivity contribution is 8.14. The summed E-state index contributed by atoms with van der Waals surface area (Å²) in [5, 5.41) is 6.43. The molecule has 1 unspecified atom stereocenters. The monoisotopic (exact) mass is 212 g/mol. The molecule has 14 heavy (non-hydrogen) atoms. The molecular weight excluding hydrogens is 200 g/mol. The molecule has 76 valence electrons. The van der Waals surface area contributed by atoms with Crippen LogP contribution in [0.1, 0.15) is 6.92 Å². The van der Waals surface area contributed by atoms with Gasteiger partial charge in [0.2, 0.25) is 0 Å². The lowest BCUT2D eigenvalue weighted by Crippen LogP contribution is -2.41. The molecule has 0 saturated heterocycles. The number of aliphatic imine (C=N–C) groups is 2. The highest BCUT2D eigenvalue weighted by Crippen LogP contribution is 2.08. The number of amides is 1. The van der Waals surface area contributed by atoms with E-state index in [0.717, 1.165) is 12.3 Å². The Morgan fingerprint density at radius 1 is 1.64 bits per heavy atom. The fourth-order valence-corrected chi connectivity index (χ4v) is 1.98. The quantitative estimate of drug-likeness (QED) is 0.621. The summed E-state index contributed by atoms with van der Waals surface area (Å²) in [7, 11) is 0. The van der Waals surface area contributed by atoms with Crippen molar-refractivity contribution < 1.29 is 4.79 Å². The zero-order chi connectivity index (χ0) is 9.97. The largest absolute Gasteiger partial charge is 0.361 e. The van der Waals surface area contributed by atoms with Crippen LogP contribution in [0, 0.1) is 0 Å². The predicted octanol–water partition coefficient (Wildman–Crippen LogP) is -0.404. The molecule has 5 nitrogen and oxygen atoms in total. The van der Waals surface area contributed by atoms with Gasteiger partial charge in [-0.05, 0) is 6.92 Å². The van der Waals surface area contributed by atoms with E-state index in [0.29, 0.717) is 17.5 Å². The number of hydrogen-bond acceptors (Lipinski definition) is 5. The summed E-state index contributed by atoms with van der Waals surface area (Å²) in [6.07, 6.45) is 0. The molecule has 0 aromatic rings. The Labute approximate surface area is 86.5 Å². The van der Waals surface area contributed by atoms with E-state index >= 15 is 0 Å². The molecular formula is C8H12N4OS. The first-order valence-electron chi connectivity index (χ1n) is 4.55. The number of hydrogen-bond donors (Lipinski definition) is 2. The smallest absolute Gasteiger partial charge is 0.292 e. The molecule has 0 aromatic carbocycles. The predicted molar refractivity (Wildman–Crippen MR) is 57.8 cm³/mol. The summed E-state index contributed by atoms with van der Waals surface area (Å²) in [5.41, 5.74) is 0. The van der Waals surface area contributed by atoms with Crippen LogP contribution in [0.15, 0.2) is 9.98 Å². The van der Waals surface area contributed by atoms with Gasteiger partial charge in [0.05, 0.1) is 13.1 Å². The maximum atomic E-state index is 11.5. The van der Waals surface area contributed by atoms with E-state index in [1.54, 1.807) is 11.8 Å². The molecule has 0 saturated carbocycles. The van der Waals surface area contributed by atoms with Crippen molar-refractivity contribution >= 4 is 28.7 Å². The van der Waals surface area contributed by atoms with E-state index in [1.165, 1.54) is 0 Å². The van der Waals surface area contributed by atoms with Gasteiger partial charge in [0.25, 0.3) is 5.91 Å². The van der Waals surface area contributed by atoms with Crippen molar-refractivity contribution in [2.75, 3.05) is 18.8 Å². The molecule has 0 fully saturated rings. The van der Waals surface area contributed by atoms with Crippen molar-refractivity contribution in [3.05, 3.63) is 0 Å². The van der Waals surface area contributed by atoms with E-state index in [2.05, 4.69) is 20.6 Å². The molecule has 1 amide bonds. The Morgan fingerprint density at radius 3 is 3.07 bits per heavy atom. The number of carbonyl (C=O) groups excluding carboxylic acids is 1. The van der Waals surface area contributed by atoms with Crippen LogP contribution in [0.3, 0.4) is 0 Å². The van der Waals surface area contributed by atoms with E-state index in [9.17, 15) is 4.79 Å². The number of nitrogens with zero attached hydrogens (tertiary/aromatic N) is 2. The summed E-state index contributed by atoms with van der Waals surface area (Å²) >= 11 is 1.57. The molecule has 0 bridgehead atoms. The van der Waals surface area contributed by atoms with Gasteiger partial charge in [-0.25, -0.2) is 0 Å². The molecule has 0 spiro atoms. The Balaban J connectivity index is 1.89. The van der Waals surface area contributed by atoms with Crippen LogP contribution in [0.4, 0.5) is 0 Å². The minimum Gasteiger partial charge on any atom is -0.361 e. The van der Waals surface area contributed by atoms with Gasteiger partial charge in [-0.15, -0.1) is 0 Å². The second-order valence-electron chi connectivity index (χ2n) is 3.22. The molecule has 2 N–H and O–H groups in total. The van der Waals surface area contributed by atoms with Crippen LogP contribution < -0.4 is 10.6 Å². The molecule has 2 aliphatic heterocycles. The van der Waals surface area contributed by atoms with Gasteiger partial charge < -0.3 is 5.32 Å². The molecule has 0 aliphatic carbocycles. The third-order valence-corrected chi connectivity index (χ3v) is 2.82. The molecule has 2 rings (SSSR count). The summed E-state index contributed by atoms with van der Waals surface area (Å²) in [5.74, 6) is 1.20. The van der Waals surface area contributed by atoms with Gasteiger partial charge in [-0.2, -0.15) is 0 Å². The first-order chi connectivity index (χ1) is 6.75. The lowest BCUT2D eigenvalue weighted by Gasteiger charge is -2.05. The van der Waals surface area contributed by atoms with E-state index in [1.807, 2.05) is 6.92 Å². The highest BCUT2D eigenvalue weighted by atomic mass is 32.2. The van der Waals surface area contributed by atoms with E-state index in [4.69, 9.17) is 0 Å². The summed E-state index contributed by atoms with van der Waals surface area (Å²) in [4.78, 5) is 19.8. The number of rotatable bonds is 1. The van der Waals surface area contributed by atoms with Crippen molar-refractivity contribution in [3.8, 4) is 0 Å². The van der Waals surface area contributed by atoms with Crippen molar-refractivity contribution in [2.24, 2.45) is 9.98 Å². The molecule has 6 heteroatoms. The number of nitrogens with one attached hydrogen (secondary N) is 2. The standard InChI is InChI=1S/C8H12N4OS/c1-5-4-10-6(11-5)7(13)12-8-9-2-3-14-8/h5H,2-4H2,1H3,(H,10,11)(H,9,12,13). The molecule has 0 radical (unpaired) electrons. The normalized spacial score (nSPS) is 25.4. The summed E-state index contributed by atoms with van der Waals surface area (Å²) in [6.45, 7) is 3.45. The second kappa shape index (κ2) is 4.00. The maximum Gasteiger partial charge on any atom is 0.292 e. The van der Waals surface area contributed by atoms with Crippen molar-refractivity contribution in [1.82, 2.24) is 10.6 Å². The first-order valence-corrected chi connectivity index (χ1v) is 5.54. The third-order valence-electron chi connectivity index (χ3n) is 1.93. The minimum atomic E-state index is -0.178. The molecule has 2 heterocycles. The first kappa shape index (κ1) is 9.51. The summed E-state index contributed by atoms with van der Waals surface area (Å²) in [6, 6.07) is 0.258. The van der Waals surface area contributed by atoms with Gasteiger partial charge in [-0.1, -0.05) is 11.8 Å². The van der Waals surface area contributed by atoms with Crippen LogP contribution in [0.2, 0.25) is 0 Å². The molecule has 2 aliphatic rings. The number of carbonyl (C=O) groups is 1. The highest BCUT2D eigenvalue weighted by Gasteiger charge is 2.21. The molecule has 0 aromatic heterocycles. The Morgan fingerprint density at radius 2 is 2.50 bits per heavy atom. The number of amidine groups is 2. The van der Waals surface area contributed by atoms with Gasteiger partial charge in [0.1, 0.15) is 0 Å². The van der Waals surface area contributed by atoms with E-state index in [-0.39, 0.29) is 11.9 Å². The Kier molecular flexibility index (Phi) is 2.72. The lowest BCUT2D eigenvalue weighted by atomic mass is 10.4. The fraction of sp³-hybridized carbons (Fsp3) is 0.625. The van der Waals surface area contributed by atoms with Gasteiger partial charge in [0.15, 0.2) is 11.0 Å². The van der Waals surface area contributed by atoms with Crippen molar-refractivity contribution in [2.45, 2.75) is 13.0 Å². The van der Waals surface area contributed by atoms with Crippen molar-refractivity contribution in [1.29, 1.82) is 0 Å². The lowest BCUT2D eigenvalue weighted by molar-refractivity contribution is -0.113. The Hall–Kier alpha value is -1.04. The zero-order valence-electron chi connectivity index (χ0n) is 7.91. The van der Waals surface area contributed by atoms with Crippen molar-refractivity contribution in [3.63, 3.8) is 0 Å². The van der Waals surface area contributed by atoms with Crippen LogP contribution in [0.25, 0.3) is 0 Å². The average Bonchev–Trinajstić information content (AvgIpc) is 2.75. The Bertz CT molecular complexity index is 312. The average molecular weight is 212 g/mol. The van der Waals surface area contributed by atoms with Gasteiger partial charge in [0, 0.05) is 11.8 Å². The van der Waals surface area contributed by atoms with Crippen LogP contribution in [-0.4, -0.2) is 41.8 Å². The molecule has 1 atom stereocenters. The third kappa shape index (κ3) is 2.06. The van der Waals surface area contributed by atoms with E-state index < -0.39 is 0 Å². The fourth-order valence-electron chi connectivity index (χ4n) is 1.26. The second-order valence-corrected chi connectivity index (χ2v) is 4.31. The number of thioether (sulfide) groups is 1. The minimum absolute atomic E-state index is 0.178. The van der Waals surface area contributed by atoms with Gasteiger partial charge in [-0.3, -0.25) is 20.1 Å². The topological polar surface area (TPSA) is 65.8 Å². The zero-order valence-corrected chi connectivity index (χ0v) is 8.73. The maximum absolute atomic E-state index is 11.5. The summed E-state index contributed by atoms with van der Waals surface area (Å²) < 4.78 is 0.